The predicted octanol–water partition coefficient (Wildman–Crippen LogP) is 21.8. The third kappa shape index (κ3) is 6.27. The molecule has 12 aromatic carbocycles. The van der Waals surface area contributed by atoms with Crippen molar-refractivity contribution in [3.63, 3.8) is 0 Å². The van der Waals surface area contributed by atoms with Crippen LogP contribution in [0.15, 0.2) is 239 Å². The molecule has 4 nitrogen and oxygen atoms in total. The van der Waals surface area contributed by atoms with Crippen molar-refractivity contribution in [3.05, 3.63) is 231 Å². The van der Waals surface area contributed by atoms with E-state index in [1.54, 1.807) is 0 Å². The van der Waals surface area contributed by atoms with E-state index >= 15 is 0 Å². The first kappa shape index (κ1) is 41.5. The molecule has 0 N–H and O–H groups in total. The summed E-state index contributed by atoms with van der Waals surface area (Å²) in [6.07, 6.45) is 0. The highest BCUT2D eigenvalue weighted by Crippen LogP contribution is 2.49. The highest BCUT2D eigenvalue weighted by atomic mass is 32.1. The molecule has 0 fully saturated rings. The summed E-state index contributed by atoms with van der Waals surface area (Å²) in [7, 11) is 0. The Morgan fingerprint density at radius 3 is 0.987 bits per heavy atom. The fourth-order valence-corrected chi connectivity index (χ4v) is 15.4. The van der Waals surface area contributed by atoms with Crippen LogP contribution in [-0.4, -0.2) is 0 Å². The van der Waals surface area contributed by atoms with Gasteiger partial charge >= 0.3 is 0 Å². The number of nitrogens with zero attached hydrogens (tertiary/aromatic N) is 2. The summed E-state index contributed by atoms with van der Waals surface area (Å²) in [5.74, 6) is 0. The molecule has 0 unspecified atom stereocenters. The Balaban J connectivity index is 0.784. The lowest BCUT2D eigenvalue weighted by atomic mass is 10.0. The molecular formula is C68H38N2O2S3. The molecule has 7 heteroatoms. The number of thiophene rings is 3. The van der Waals surface area contributed by atoms with Crippen LogP contribution in [0.2, 0.25) is 0 Å². The number of rotatable bonds is 6. The van der Waals surface area contributed by atoms with Gasteiger partial charge in [0, 0.05) is 128 Å². The largest absolute Gasteiger partial charge is 0.456 e. The quantitative estimate of drug-likeness (QED) is 0.166. The van der Waals surface area contributed by atoms with Crippen molar-refractivity contribution in [1.29, 1.82) is 0 Å². The fourth-order valence-electron chi connectivity index (χ4n) is 11.9. The molecule has 0 amide bonds. The minimum Gasteiger partial charge on any atom is -0.456 e. The maximum atomic E-state index is 6.46. The first-order chi connectivity index (χ1) is 37.1. The molecule has 75 heavy (non-hydrogen) atoms. The van der Waals surface area contributed by atoms with Gasteiger partial charge in [-0.15, -0.1) is 34.0 Å². The van der Waals surface area contributed by atoms with Crippen LogP contribution in [0.4, 0.5) is 34.1 Å². The van der Waals surface area contributed by atoms with Gasteiger partial charge in [-0.05, 0) is 108 Å². The van der Waals surface area contributed by atoms with Crippen LogP contribution in [0.25, 0.3) is 126 Å². The summed E-state index contributed by atoms with van der Waals surface area (Å²) < 4.78 is 20.7. The minimum absolute atomic E-state index is 0.879. The van der Waals surface area contributed by atoms with E-state index in [9.17, 15) is 0 Å². The van der Waals surface area contributed by atoms with E-state index in [-0.39, 0.29) is 0 Å². The average molecular weight is 1010 g/mol. The van der Waals surface area contributed by atoms with E-state index in [0.717, 1.165) is 78.0 Å². The lowest BCUT2D eigenvalue weighted by Gasteiger charge is -2.27. The molecule has 5 heterocycles. The van der Waals surface area contributed by atoms with Gasteiger partial charge in [0.15, 0.2) is 0 Å². The molecular weight excluding hydrogens is 973 g/mol. The standard InChI is InChI=1S/C68H38N2O2S3/c1-3-15-45-39(11-1)13-9-19-57(45)69(41-23-27-49-47-17-5-7-21-59(47)71-61(49)31-41)43-25-29-51-53-35-67-55(37-65(53)73-63(51)33-43)56-38-66-54(36-68(56)75-67)52-30-26-44(34-64(52)74-66)70(58-20-10-14-40-12-2-4-16-46(40)58)42-24-28-50-48-18-6-8-22-60(48)72-62(50)32-42/h1-38H. The molecule has 0 spiro atoms. The third-order valence-corrected chi connectivity index (χ3v) is 18.7. The van der Waals surface area contributed by atoms with Crippen molar-refractivity contribution in [1.82, 2.24) is 0 Å². The smallest absolute Gasteiger partial charge is 0.137 e. The molecule has 0 aliphatic carbocycles. The zero-order valence-corrected chi connectivity index (χ0v) is 42.3. The van der Waals surface area contributed by atoms with E-state index in [1.165, 1.54) is 82.1 Å². The number of hydrogen-bond donors (Lipinski definition) is 0. The Labute approximate surface area is 440 Å². The minimum atomic E-state index is 0.879. The van der Waals surface area contributed by atoms with Crippen molar-refractivity contribution in [2.75, 3.05) is 9.80 Å². The molecule has 17 rings (SSSR count). The molecule has 5 aromatic heterocycles. The second-order valence-electron chi connectivity index (χ2n) is 19.6. The maximum Gasteiger partial charge on any atom is 0.137 e. The Hall–Kier alpha value is -8.98. The Bertz CT molecular complexity index is 4910. The zero-order chi connectivity index (χ0) is 48.9. The van der Waals surface area contributed by atoms with Gasteiger partial charge in [-0.2, -0.15) is 0 Å². The average Bonchev–Trinajstić information content (AvgIpc) is 4.30. The van der Waals surface area contributed by atoms with Crippen molar-refractivity contribution in [3.8, 4) is 0 Å². The number of fused-ring (bicyclic) bond motifs is 17. The third-order valence-electron chi connectivity index (χ3n) is 15.4. The van der Waals surface area contributed by atoms with Gasteiger partial charge in [0.05, 0.1) is 11.4 Å². The van der Waals surface area contributed by atoms with E-state index < -0.39 is 0 Å². The summed E-state index contributed by atoms with van der Waals surface area (Å²) in [6.45, 7) is 0. The van der Waals surface area contributed by atoms with Gasteiger partial charge in [-0.1, -0.05) is 121 Å². The molecule has 0 aliphatic rings. The predicted molar refractivity (Wildman–Crippen MR) is 324 cm³/mol. The van der Waals surface area contributed by atoms with Crippen molar-refractivity contribution in [2.45, 2.75) is 0 Å². The topological polar surface area (TPSA) is 32.8 Å². The van der Waals surface area contributed by atoms with Gasteiger partial charge in [0.1, 0.15) is 22.3 Å². The zero-order valence-electron chi connectivity index (χ0n) is 39.9. The Kier molecular flexibility index (Phi) is 8.72. The van der Waals surface area contributed by atoms with Crippen LogP contribution >= 0.6 is 34.0 Å². The van der Waals surface area contributed by atoms with Crippen LogP contribution in [-0.2, 0) is 0 Å². The van der Waals surface area contributed by atoms with Crippen molar-refractivity contribution >= 4 is 194 Å². The van der Waals surface area contributed by atoms with E-state index in [2.05, 4.69) is 216 Å². The molecule has 0 atom stereocenters. The summed E-state index contributed by atoms with van der Waals surface area (Å²) >= 11 is 5.66. The lowest BCUT2D eigenvalue weighted by molar-refractivity contribution is 0.668. The number of furan rings is 2. The van der Waals surface area contributed by atoms with Gasteiger partial charge < -0.3 is 18.6 Å². The van der Waals surface area contributed by atoms with E-state index in [4.69, 9.17) is 8.83 Å². The fraction of sp³-hybridized carbons (Fsp3) is 0. The summed E-state index contributed by atoms with van der Waals surface area (Å²) in [4.78, 5) is 4.79. The maximum absolute atomic E-state index is 6.46. The van der Waals surface area contributed by atoms with Crippen LogP contribution in [0.3, 0.4) is 0 Å². The Morgan fingerprint density at radius 2 is 0.547 bits per heavy atom. The van der Waals surface area contributed by atoms with E-state index in [0.29, 0.717) is 0 Å². The summed E-state index contributed by atoms with van der Waals surface area (Å²) in [6, 6.07) is 84.2. The van der Waals surface area contributed by atoms with Gasteiger partial charge in [0.25, 0.3) is 0 Å². The van der Waals surface area contributed by atoms with Crippen LogP contribution in [0.1, 0.15) is 0 Å². The molecule has 0 bridgehead atoms. The molecule has 0 aliphatic heterocycles. The first-order valence-electron chi connectivity index (χ1n) is 25.2. The van der Waals surface area contributed by atoms with Gasteiger partial charge in [0.2, 0.25) is 0 Å². The SMILES string of the molecule is c1ccc2c(N(c3ccc4c(c3)oc3ccccc34)c3ccc4c(c3)sc3cc5c(cc34)sc3cc4c(cc35)sc3cc(N(c5ccc6c(c5)oc5ccccc56)c5cccc6ccccc56)ccc34)cccc2c1. The molecule has 0 radical (unpaired) electrons. The molecule has 0 saturated carbocycles. The van der Waals surface area contributed by atoms with Crippen LogP contribution < -0.4 is 9.80 Å². The number of hydrogen-bond acceptors (Lipinski definition) is 7. The Morgan fingerprint density at radius 1 is 0.227 bits per heavy atom. The van der Waals surface area contributed by atoms with Gasteiger partial charge in [-0.25, -0.2) is 0 Å². The van der Waals surface area contributed by atoms with E-state index in [1.807, 2.05) is 58.3 Å². The normalized spacial score (nSPS) is 12.3. The molecule has 350 valence electrons. The number of benzene rings is 12. The molecule has 17 aromatic rings. The lowest BCUT2D eigenvalue weighted by Crippen LogP contribution is -2.10. The highest BCUT2D eigenvalue weighted by Gasteiger charge is 2.22. The van der Waals surface area contributed by atoms with Gasteiger partial charge in [-0.3, -0.25) is 0 Å². The second-order valence-corrected chi connectivity index (χ2v) is 22.8. The highest BCUT2D eigenvalue weighted by molar-refractivity contribution is 7.28. The number of para-hydroxylation sites is 2. The first-order valence-corrected chi connectivity index (χ1v) is 27.6. The van der Waals surface area contributed by atoms with Crippen molar-refractivity contribution in [2.24, 2.45) is 0 Å². The van der Waals surface area contributed by atoms with Crippen LogP contribution in [0, 0.1) is 0 Å². The van der Waals surface area contributed by atoms with Crippen molar-refractivity contribution < 1.29 is 8.83 Å². The van der Waals surface area contributed by atoms with Crippen LogP contribution in [0.5, 0.6) is 0 Å². The summed E-state index contributed by atoms with van der Waals surface area (Å²) in [5, 5.41) is 17.1. The summed E-state index contributed by atoms with van der Waals surface area (Å²) in [5.41, 5.74) is 10.1. The molecule has 0 saturated heterocycles. The number of anilines is 6. The monoisotopic (exact) mass is 1010 g/mol. The second kappa shape index (κ2) is 15.8.